The average Bonchev–Trinajstić information content (AvgIpc) is 2.76. The maximum absolute atomic E-state index is 13.2. The number of alkyl halides is 3. The number of allylic oxidation sites excluding steroid dienone is 1. The third-order valence-electron chi connectivity index (χ3n) is 4.91. The van der Waals surface area contributed by atoms with Crippen molar-refractivity contribution < 1.29 is 32.2 Å². The molecule has 0 heterocycles. The van der Waals surface area contributed by atoms with Crippen LogP contribution in [0.25, 0.3) is 0 Å². The minimum absolute atomic E-state index is 0.119. The predicted molar refractivity (Wildman–Crippen MR) is 127 cm³/mol. The van der Waals surface area contributed by atoms with Gasteiger partial charge in [0.1, 0.15) is 31.0 Å². The first-order chi connectivity index (χ1) is 16.2. The minimum atomic E-state index is -4.63. The average molecular weight is 480 g/mol. The van der Waals surface area contributed by atoms with Crippen LogP contribution >= 0.6 is 0 Å². The van der Waals surface area contributed by atoms with Crippen LogP contribution < -0.4 is 14.2 Å². The van der Waals surface area contributed by atoms with Gasteiger partial charge in [0, 0.05) is 5.56 Å². The second-order valence-corrected chi connectivity index (χ2v) is 7.83. The van der Waals surface area contributed by atoms with Crippen LogP contribution in [0.1, 0.15) is 43.4 Å². The number of aryl methyl sites for hydroxylation is 2. The first-order valence-corrected chi connectivity index (χ1v) is 11.1. The predicted octanol–water partition coefficient (Wildman–Crippen LogP) is 6.80. The highest BCUT2D eigenvalue weighted by atomic mass is 19.4. The summed E-state index contributed by atoms with van der Waals surface area (Å²) in [5.74, 6) is 1.96. The summed E-state index contributed by atoms with van der Waals surface area (Å²) in [6.07, 6.45) is 0.427. The smallest absolute Gasteiger partial charge is 0.437 e. The van der Waals surface area contributed by atoms with Crippen molar-refractivity contribution in [3.05, 3.63) is 65.2 Å². The van der Waals surface area contributed by atoms with Crippen molar-refractivity contribution in [1.29, 1.82) is 0 Å². The Morgan fingerprint density at radius 1 is 1.06 bits per heavy atom. The van der Waals surface area contributed by atoms with Crippen LogP contribution in [-0.2, 0) is 4.84 Å². The van der Waals surface area contributed by atoms with Crippen molar-refractivity contribution >= 4 is 5.71 Å². The lowest BCUT2D eigenvalue weighted by molar-refractivity contribution is -0.0608. The standard InChI is InChI=1S/C26H32F3NO4/c1-6-7-13-32-23-15-18(2)24(19(3)16-23)33-14-9-10-20(4)34-22-12-8-11-21(17-22)25(30-31-5)26(27,28)29/h6-8,11-12,15-17,20H,9-10,13-14H2,1-5H3/b7-6+,30-25-. The topological polar surface area (TPSA) is 49.3 Å². The molecule has 0 amide bonds. The Bertz CT molecular complexity index is 963. The molecule has 1 unspecified atom stereocenters. The van der Waals surface area contributed by atoms with Crippen LogP contribution in [0, 0.1) is 13.8 Å². The Labute approximate surface area is 199 Å². The van der Waals surface area contributed by atoms with Gasteiger partial charge in [-0.1, -0.05) is 29.4 Å². The van der Waals surface area contributed by atoms with Crippen LogP contribution in [-0.4, -0.2) is 38.3 Å². The zero-order valence-electron chi connectivity index (χ0n) is 20.2. The van der Waals surface area contributed by atoms with E-state index >= 15 is 0 Å². The highest BCUT2D eigenvalue weighted by molar-refractivity contribution is 6.04. The highest BCUT2D eigenvalue weighted by Gasteiger charge is 2.38. The maximum atomic E-state index is 13.2. The molecule has 2 aromatic rings. The van der Waals surface area contributed by atoms with Crippen LogP contribution in [0.2, 0.25) is 0 Å². The Kier molecular flexibility index (Phi) is 10.3. The summed E-state index contributed by atoms with van der Waals surface area (Å²) >= 11 is 0. The molecule has 5 nitrogen and oxygen atoms in total. The van der Waals surface area contributed by atoms with Crippen LogP contribution in [0.5, 0.6) is 17.2 Å². The van der Waals surface area contributed by atoms with E-state index in [0.29, 0.717) is 25.4 Å². The molecule has 0 saturated heterocycles. The SMILES string of the molecule is C/C=C/COc1cc(C)c(OCCCC(C)Oc2cccc(/C(=N/OC)C(F)(F)F)c2)c(C)c1. The molecule has 0 N–H and O–H groups in total. The lowest BCUT2D eigenvalue weighted by Crippen LogP contribution is -2.24. The third-order valence-corrected chi connectivity index (χ3v) is 4.91. The van der Waals surface area contributed by atoms with E-state index in [-0.39, 0.29) is 11.7 Å². The molecule has 0 aromatic heterocycles. The van der Waals surface area contributed by atoms with Gasteiger partial charge < -0.3 is 19.0 Å². The number of ether oxygens (including phenoxy) is 3. The molecule has 0 bridgehead atoms. The minimum Gasteiger partial charge on any atom is -0.493 e. The van der Waals surface area contributed by atoms with E-state index in [2.05, 4.69) is 9.99 Å². The summed E-state index contributed by atoms with van der Waals surface area (Å²) in [6.45, 7) is 8.78. The maximum Gasteiger partial charge on any atom is 0.437 e. The zero-order chi connectivity index (χ0) is 25.1. The summed E-state index contributed by atoms with van der Waals surface area (Å²) in [4.78, 5) is 4.36. The van der Waals surface area contributed by atoms with Gasteiger partial charge in [0.15, 0.2) is 5.71 Å². The summed E-state index contributed by atoms with van der Waals surface area (Å²) in [5, 5.41) is 3.12. The molecule has 2 aromatic carbocycles. The number of benzene rings is 2. The summed E-state index contributed by atoms with van der Waals surface area (Å²) < 4.78 is 57.1. The molecule has 1 atom stereocenters. The molecule has 0 aliphatic rings. The molecule has 0 spiro atoms. The van der Waals surface area contributed by atoms with E-state index in [1.54, 1.807) is 6.07 Å². The number of nitrogens with zero attached hydrogens (tertiary/aromatic N) is 1. The zero-order valence-corrected chi connectivity index (χ0v) is 20.2. The molecule has 0 fully saturated rings. The van der Waals surface area contributed by atoms with Crippen molar-refractivity contribution in [2.45, 2.75) is 52.8 Å². The molecule has 0 radical (unpaired) electrons. The first kappa shape index (κ1) is 27.1. The van der Waals surface area contributed by atoms with Crippen LogP contribution in [0.4, 0.5) is 13.2 Å². The van der Waals surface area contributed by atoms with Crippen molar-refractivity contribution in [3.63, 3.8) is 0 Å². The van der Waals surface area contributed by atoms with Gasteiger partial charge in [-0.05, 0) is 75.9 Å². The number of hydrogen-bond acceptors (Lipinski definition) is 5. The van der Waals surface area contributed by atoms with Crippen molar-refractivity contribution in [2.75, 3.05) is 20.3 Å². The normalized spacial score (nSPS) is 13.1. The Morgan fingerprint density at radius 3 is 2.38 bits per heavy atom. The van der Waals surface area contributed by atoms with Gasteiger partial charge in [-0.3, -0.25) is 0 Å². The fraction of sp³-hybridized carbons (Fsp3) is 0.423. The van der Waals surface area contributed by atoms with Gasteiger partial charge in [0.25, 0.3) is 0 Å². The van der Waals surface area contributed by atoms with Crippen LogP contribution in [0.3, 0.4) is 0 Å². The van der Waals surface area contributed by atoms with Gasteiger partial charge >= 0.3 is 6.18 Å². The molecule has 186 valence electrons. The summed E-state index contributed by atoms with van der Waals surface area (Å²) in [5.41, 5.74) is 0.765. The van der Waals surface area contributed by atoms with Gasteiger partial charge in [-0.2, -0.15) is 13.2 Å². The highest BCUT2D eigenvalue weighted by Crippen LogP contribution is 2.29. The Morgan fingerprint density at radius 2 is 1.76 bits per heavy atom. The summed E-state index contributed by atoms with van der Waals surface area (Å²) in [7, 11) is 1.08. The number of rotatable bonds is 12. The molecule has 34 heavy (non-hydrogen) atoms. The van der Waals surface area contributed by atoms with Gasteiger partial charge in [-0.25, -0.2) is 0 Å². The fourth-order valence-electron chi connectivity index (χ4n) is 3.37. The van der Waals surface area contributed by atoms with E-state index < -0.39 is 11.9 Å². The lowest BCUT2D eigenvalue weighted by atomic mass is 10.1. The van der Waals surface area contributed by atoms with Gasteiger partial charge in [0.2, 0.25) is 0 Å². The van der Waals surface area contributed by atoms with Gasteiger partial charge in [0.05, 0.1) is 12.7 Å². The number of hydrogen-bond donors (Lipinski definition) is 0. The van der Waals surface area contributed by atoms with Crippen molar-refractivity contribution in [3.8, 4) is 17.2 Å². The second-order valence-electron chi connectivity index (χ2n) is 7.83. The lowest BCUT2D eigenvalue weighted by Gasteiger charge is -2.17. The Hall–Kier alpha value is -3.16. The third kappa shape index (κ3) is 8.32. The van der Waals surface area contributed by atoms with E-state index in [0.717, 1.165) is 36.2 Å². The van der Waals surface area contributed by atoms with E-state index in [9.17, 15) is 13.2 Å². The molecule has 2 rings (SSSR count). The molecule has 0 aliphatic carbocycles. The summed E-state index contributed by atoms with van der Waals surface area (Å²) in [6, 6.07) is 9.64. The monoisotopic (exact) mass is 479 g/mol. The fourth-order valence-corrected chi connectivity index (χ4v) is 3.37. The number of halogens is 3. The van der Waals surface area contributed by atoms with Crippen LogP contribution in [0.15, 0.2) is 53.7 Å². The second kappa shape index (κ2) is 12.9. The van der Waals surface area contributed by atoms with E-state index in [4.69, 9.17) is 14.2 Å². The van der Waals surface area contributed by atoms with E-state index in [1.807, 2.05) is 52.0 Å². The quantitative estimate of drug-likeness (QED) is 0.145. The first-order valence-electron chi connectivity index (χ1n) is 11.1. The van der Waals surface area contributed by atoms with Crippen molar-refractivity contribution in [2.24, 2.45) is 5.16 Å². The molecule has 0 aliphatic heterocycles. The van der Waals surface area contributed by atoms with E-state index in [1.165, 1.54) is 18.2 Å². The van der Waals surface area contributed by atoms with Crippen molar-refractivity contribution in [1.82, 2.24) is 0 Å². The molecule has 8 heteroatoms. The molecule has 0 saturated carbocycles. The largest absolute Gasteiger partial charge is 0.493 e. The molecular formula is C26H32F3NO4. The number of oxime groups is 1. The van der Waals surface area contributed by atoms with Gasteiger partial charge in [-0.15, -0.1) is 0 Å². The molecular weight excluding hydrogens is 447 g/mol. The Balaban J connectivity index is 1.89.